The summed E-state index contributed by atoms with van der Waals surface area (Å²) in [6, 6.07) is 4.13. The molecule has 3 heteroatoms. The molecule has 2 rings (SSSR count). The van der Waals surface area contributed by atoms with E-state index in [2.05, 4.69) is 29.1 Å². The monoisotopic (exact) mass is 246 g/mol. The first-order valence-corrected chi connectivity index (χ1v) is 6.86. The highest BCUT2D eigenvalue weighted by molar-refractivity contribution is 5.82. The number of aromatic nitrogens is 1. The second kappa shape index (κ2) is 6.64. The number of carbonyl (C=O) groups excluding carboxylic acids is 1. The van der Waals surface area contributed by atoms with E-state index in [0.29, 0.717) is 11.7 Å². The van der Waals surface area contributed by atoms with Gasteiger partial charge in [0.1, 0.15) is 5.78 Å². The maximum absolute atomic E-state index is 11.5. The van der Waals surface area contributed by atoms with Gasteiger partial charge >= 0.3 is 0 Å². The molecule has 1 aromatic heterocycles. The van der Waals surface area contributed by atoms with Crippen LogP contribution >= 0.6 is 0 Å². The quantitative estimate of drug-likeness (QED) is 0.772. The minimum absolute atomic E-state index is 0.341. The zero-order chi connectivity index (χ0) is 12.8. The van der Waals surface area contributed by atoms with Crippen LogP contribution in [-0.4, -0.2) is 35.8 Å². The zero-order valence-electron chi connectivity index (χ0n) is 11.1. The second-order valence-corrected chi connectivity index (χ2v) is 5.25. The second-order valence-electron chi connectivity index (χ2n) is 5.25. The maximum atomic E-state index is 11.5. The Bertz CT molecular complexity index is 377. The van der Waals surface area contributed by atoms with Crippen LogP contribution in [0.3, 0.4) is 0 Å². The normalized spacial score (nSPS) is 19.7. The van der Waals surface area contributed by atoms with E-state index in [1.165, 1.54) is 5.56 Å². The number of pyridine rings is 1. The van der Waals surface area contributed by atoms with E-state index < -0.39 is 0 Å². The van der Waals surface area contributed by atoms with Crippen LogP contribution in [0.1, 0.15) is 31.2 Å². The molecule has 1 unspecified atom stereocenters. The summed E-state index contributed by atoms with van der Waals surface area (Å²) >= 11 is 0. The van der Waals surface area contributed by atoms with Gasteiger partial charge in [0.05, 0.1) is 0 Å². The SMILES string of the molecule is CN(CCc1ccncc1)CCC1CCCC1=O. The molecule has 0 spiro atoms. The highest BCUT2D eigenvalue weighted by atomic mass is 16.1. The molecule has 0 bridgehead atoms. The van der Waals surface area contributed by atoms with E-state index in [1.54, 1.807) is 0 Å². The van der Waals surface area contributed by atoms with E-state index in [0.717, 1.165) is 45.2 Å². The molecule has 3 nitrogen and oxygen atoms in total. The molecule has 1 aromatic rings. The van der Waals surface area contributed by atoms with Crippen molar-refractivity contribution < 1.29 is 4.79 Å². The van der Waals surface area contributed by atoms with E-state index in [9.17, 15) is 4.79 Å². The number of rotatable bonds is 6. The van der Waals surface area contributed by atoms with Crippen molar-refractivity contribution >= 4 is 5.78 Å². The predicted molar refractivity (Wildman–Crippen MR) is 72.4 cm³/mol. The van der Waals surface area contributed by atoms with Crippen molar-refractivity contribution in [2.75, 3.05) is 20.1 Å². The lowest BCUT2D eigenvalue weighted by molar-refractivity contribution is -0.120. The van der Waals surface area contributed by atoms with Crippen molar-refractivity contribution in [3.8, 4) is 0 Å². The standard InChI is InChI=1S/C15H22N2O/c1-17(11-7-13-5-9-16-10-6-13)12-8-14-3-2-4-15(14)18/h5-6,9-10,14H,2-4,7-8,11-12H2,1H3. The average Bonchev–Trinajstić information content (AvgIpc) is 2.81. The fourth-order valence-corrected chi connectivity index (χ4v) is 2.55. The Morgan fingerprint density at radius 1 is 1.33 bits per heavy atom. The molecular formula is C15H22N2O. The summed E-state index contributed by atoms with van der Waals surface area (Å²) < 4.78 is 0. The van der Waals surface area contributed by atoms with Gasteiger partial charge in [-0.25, -0.2) is 0 Å². The van der Waals surface area contributed by atoms with Crippen LogP contribution in [0, 0.1) is 5.92 Å². The largest absolute Gasteiger partial charge is 0.306 e. The lowest BCUT2D eigenvalue weighted by Gasteiger charge is -2.18. The molecule has 0 aromatic carbocycles. The molecule has 0 amide bonds. The molecule has 0 radical (unpaired) electrons. The molecule has 1 aliphatic carbocycles. The summed E-state index contributed by atoms with van der Waals surface area (Å²) in [6.07, 6.45) is 8.79. The first-order chi connectivity index (χ1) is 8.75. The summed E-state index contributed by atoms with van der Waals surface area (Å²) in [5.41, 5.74) is 1.33. The number of hydrogen-bond donors (Lipinski definition) is 0. The molecule has 1 fully saturated rings. The number of Topliss-reactive ketones (excluding diaryl/α,β-unsaturated/α-hetero) is 1. The van der Waals surface area contributed by atoms with Crippen molar-refractivity contribution in [1.82, 2.24) is 9.88 Å². The number of ketones is 1. The van der Waals surface area contributed by atoms with Gasteiger partial charge in [0, 0.05) is 31.3 Å². The van der Waals surface area contributed by atoms with Crippen molar-refractivity contribution in [2.45, 2.75) is 32.1 Å². The Kier molecular flexibility index (Phi) is 4.88. The predicted octanol–water partition coefficient (Wildman–Crippen LogP) is 2.32. The molecule has 1 saturated carbocycles. The smallest absolute Gasteiger partial charge is 0.136 e. The van der Waals surface area contributed by atoms with E-state index in [1.807, 2.05) is 12.4 Å². The summed E-state index contributed by atoms with van der Waals surface area (Å²) in [5.74, 6) is 0.825. The van der Waals surface area contributed by atoms with Crippen LogP contribution in [0.4, 0.5) is 0 Å². The molecular weight excluding hydrogens is 224 g/mol. The molecule has 1 atom stereocenters. The van der Waals surface area contributed by atoms with Crippen LogP contribution in [-0.2, 0) is 11.2 Å². The summed E-state index contributed by atoms with van der Waals surface area (Å²) in [7, 11) is 2.14. The Morgan fingerprint density at radius 3 is 2.78 bits per heavy atom. The van der Waals surface area contributed by atoms with E-state index >= 15 is 0 Å². The summed E-state index contributed by atoms with van der Waals surface area (Å²) in [4.78, 5) is 17.9. The third-order valence-corrected chi connectivity index (χ3v) is 3.82. The third kappa shape index (κ3) is 3.91. The maximum Gasteiger partial charge on any atom is 0.136 e. The molecule has 1 heterocycles. The average molecular weight is 246 g/mol. The van der Waals surface area contributed by atoms with Crippen LogP contribution in [0.15, 0.2) is 24.5 Å². The van der Waals surface area contributed by atoms with Gasteiger partial charge in [0.25, 0.3) is 0 Å². The lowest BCUT2D eigenvalue weighted by Crippen LogP contribution is -2.25. The van der Waals surface area contributed by atoms with Crippen molar-refractivity contribution in [3.05, 3.63) is 30.1 Å². The highest BCUT2D eigenvalue weighted by Crippen LogP contribution is 2.24. The first-order valence-electron chi connectivity index (χ1n) is 6.86. The van der Waals surface area contributed by atoms with Gasteiger partial charge in [0.15, 0.2) is 0 Å². The van der Waals surface area contributed by atoms with Crippen LogP contribution in [0.2, 0.25) is 0 Å². The van der Waals surface area contributed by atoms with Crippen molar-refractivity contribution in [2.24, 2.45) is 5.92 Å². The van der Waals surface area contributed by atoms with Crippen LogP contribution in [0.25, 0.3) is 0 Å². The molecule has 98 valence electrons. The van der Waals surface area contributed by atoms with E-state index in [-0.39, 0.29) is 0 Å². The van der Waals surface area contributed by atoms with Crippen LogP contribution in [0.5, 0.6) is 0 Å². The van der Waals surface area contributed by atoms with Gasteiger partial charge in [-0.15, -0.1) is 0 Å². The highest BCUT2D eigenvalue weighted by Gasteiger charge is 2.23. The third-order valence-electron chi connectivity index (χ3n) is 3.82. The fraction of sp³-hybridized carbons (Fsp3) is 0.600. The Balaban J connectivity index is 1.66. The van der Waals surface area contributed by atoms with Gasteiger partial charge in [-0.1, -0.05) is 0 Å². The molecule has 18 heavy (non-hydrogen) atoms. The van der Waals surface area contributed by atoms with Gasteiger partial charge in [0.2, 0.25) is 0 Å². The van der Waals surface area contributed by atoms with Gasteiger partial charge < -0.3 is 4.90 Å². The molecule has 0 saturated heterocycles. The minimum Gasteiger partial charge on any atom is -0.306 e. The molecule has 0 aliphatic heterocycles. The van der Waals surface area contributed by atoms with Crippen molar-refractivity contribution in [3.63, 3.8) is 0 Å². The Hall–Kier alpha value is -1.22. The van der Waals surface area contributed by atoms with Gasteiger partial charge in [-0.2, -0.15) is 0 Å². The number of likely N-dealkylation sites (N-methyl/N-ethyl adjacent to an activating group) is 1. The Morgan fingerprint density at radius 2 is 2.11 bits per heavy atom. The zero-order valence-corrected chi connectivity index (χ0v) is 11.1. The molecule has 0 N–H and O–H groups in total. The fourth-order valence-electron chi connectivity index (χ4n) is 2.55. The topological polar surface area (TPSA) is 33.2 Å². The van der Waals surface area contributed by atoms with Crippen molar-refractivity contribution in [1.29, 1.82) is 0 Å². The number of nitrogens with zero attached hydrogens (tertiary/aromatic N) is 2. The van der Waals surface area contributed by atoms with Crippen LogP contribution < -0.4 is 0 Å². The number of carbonyl (C=O) groups is 1. The number of hydrogen-bond acceptors (Lipinski definition) is 3. The summed E-state index contributed by atoms with van der Waals surface area (Å²) in [6.45, 7) is 2.08. The lowest BCUT2D eigenvalue weighted by atomic mass is 10.0. The first kappa shape index (κ1) is 13.2. The molecule has 1 aliphatic rings. The van der Waals surface area contributed by atoms with E-state index in [4.69, 9.17) is 0 Å². The van der Waals surface area contributed by atoms with Gasteiger partial charge in [-0.05, 0) is 57.0 Å². The van der Waals surface area contributed by atoms with Gasteiger partial charge in [-0.3, -0.25) is 9.78 Å². The Labute approximate surface area is 109 Å². The minimum atomic E-state index is 0.341. The summed E-state index contributed by atoms with van der Waals surface area (Å²) in [5, 5.41) is 0.